The Bertz CT molecular complexity index is 206. The molecule has 3 fully saturated rings. The Balaban J connectivity index is 1.65. The lowest BCUT2D eigenvalue weighted by atomic mass is 10.00. The van der Waals surface area contributed by atoms with Crippen LogP contribution in [0, 0.1) is 0 Å². The highest BCUT2D eigenvalue weighted by Crippen LogP contribution is 2.45. The maximum Gasteiger partial charge on any atom is 0.115 e. The molecule has 3 aliphatic rings. The molecular formula is C10H16O3. The van der Waals surface area contributed by atoms with E-state index in [4.69, 9.17) is 14.2 Å². The molecule has 3 heteroatoms. The summed E-state index contributed by atoms with van der Waals surface area (Å²) in [5.41, 5.74) is 0.0556. The predicted molar refractivity (Wildman–Crippen MR) is 46.6 cm³/mol. The van der Waals surface area contributed by atoms with E-state index in [-0.39, 0.29) is 11.2 Å². The molecule has 13 heavy (non-hydrogen) atoms. The number of ether oxygens (including phenoxy) is 3. The van der Waals surface area contributed by atoms with E-state index in [1.54, 1.807) is 0 Å². The van der Waals surface area contributed by atoms with Crippen LogP contribution in [0.15, 0.2) is 0 Å². The summed E-state index contributed by atoms with van der Waals surface area (Å²) in [5, 5.41) is 0. The highest BCUT2D eigenvalue weighted by molar-refractivity contribution is 5.04. The monoisotopic (exact) mass is 184 g/mol. The van der Waals surface area contributed by atoms with Crippen molar-refractivity contribution in [2.24, 2.45) is 0 Å². The molecule has 0 unspecified atom stereocenters. The van der Waals surface area contributed by atoms with Crippen LogP contribution in [0.1, 0.15) is 26.7 Å². The van der Waals surface area contributed by atoms with Crippen LogP contribution in [-0.4, -0.2) is 36.6 Å². The lowest BCUT2D eigenvalue weighted by molar-refractivity contribution is -0.0289. The highest BCUT2D eigenvalue weighted by atomic mass is 16.7. The number of hydrogen-bond acceptors (Lipinski definition) is 3. The van der Waals surface area contributed by atoms with Gasteiger partial charge >= 0.3 is 0 Å². The third-order valence-electron chi connectivity index (χ3n) is 3.58. The van der Waals surface area contributed by atoms with Crippen molar-refractivity contribution >= 4 is 0 Å². The fraction of sp³-hybridized carbons (Fsp3) is 1.00. The first-order valence-corrected chi connectivity index (χ1v) is 5.06. The van der Waals surface area contributed by atoms with E-state index >= 15 is 0 Å². The van der Waals surface area contributed by atoms with Gasteiger partial charge in [-0.2, -0.15) is 0 Å². The van der Waals surface area contributed by atoms with Gasteiger partial charge in [0.05, 0.1) is 25.4 Å². The predicted octanol–water partition coefficient (Wildman–Crippen LogP) is 1.11. The zero-order chi connectivity index (χ0) is 9.10. The number of hydrogen-bond donors (Lipinski definition) is 0. The van der Waals surface area contributed by atoms with E-state index in [0.717, 1.165) is 26.1 Å². The van der Waals surface area contributed by atoms with Crippen molar-refractivity contribution in [3.8, 4) is 0 Å². The zero-order valence-electron chi connectivity index (χ0n) is 8.21. The van der Waals surface area contributed by atoms with Crippen LogP contribution in [-0.2, 0) is 14.2 Å². The van der Waals surface area contributed by atoms with Crippen LogP contribution in [0.4, 0.5) is 0 Å². The summed E-state index contributed by atoms with van der Waals surface area (Å²) in [6, 6.07) is 0. The van der Waals surface area contributed by atoms with Gasteiger partial charge in [-0.1, -0.05) is 0 Å². The topological polar surface area (TPSA) is 34.3 Å². The van der Waals surface area contributed by atoms with Crippen LogP contribution in [0.25, 0.3) is 0 Å². The minimum absolute atomic E-state index is 0.0278. The van der Waals surface area contributed by atoms with Crippen molar-refractivity contribution in [2.75, 3.05) is 13.2 Å². The van der Waals surface area contributed by atoms with E-state index in [1.165, 1.54) is 0 Å². The zero-order valence-corrected chi connectivity index (χ0v) is 8.21. The Morgan fingerprint density at radius 1 is 0.923 bits per heavy atom. The molecule has 0 bridgehead atoms. The minimum atomic E-state index is 0.0278. The smallest absolute Gasteiger partial charge is 0.115 e. The summed E-state index contributed by atoms with van der Waals surface area (Å²) in [6.07, 6.45) is 2.86. The molecule has 0 aromatic heterocycles. The fourth-order valence-electron chi connectivity index (χ4n) is 2.14. The van der Waals surface area contributed by atoms with Crippen LogP contribution in [0.2, 0.25) is 0 Å². The first kappa shape index (κ1) is 8.21. The van der Waals surface area contributed by atoms with Crippen LogP contribution < -0.4 is 0 Å². The first-order chi connectivity index (χ1) is 6.12. The summed E-state index contributed by atoms with van der Waals surface area (Å²) in [5.74, 6) is 0. The largest absolute Gasteiger partial charge is 0.369 e. The molecule has 0 saturated carbocycles. The summed E-state index contributed by atoms with van der Waals surface area (Å²) >= 11 is 0. The molecule has 0 aliphatic carbocycles. The second-order valence-electron chi connectivity index (χ2n) is 4.89. The number of rotatable bonds is 2. The molecule has 0 radical (unpaired) electrons. The number of epoxide rings is 2. The summed E-state index contributed by atoms with van der Waals surface area (Å²) in [4.78, 5) is 0. The average molecular weight is 184 g/mol. The molecule has 3 nitrogen and oxygen atoms in total. The van der Waals surface area contributed by atoms with E-state index < -0.39 is 0 Å². The summed E-state index contributed by atoms with van der Waals surface area (Å²) < 4.78 is 16.8. The molecule has 3 aliphatic heterocycles. The molecule has 0 aromatic rings. The van der Waals surface area contributed by atoms with Crippen molar-refractivity contribution in [1.29, 1.82) is 0 Å². The maximum absolute atomic E-state index is 5.97. The Hall–Kier alpha value is -0.120. The minimum Gasteiger partial charge on any atom is -0.369 e. The van der Waals surface area contributed by atoms with Gasteiger partial charge in [0.2, 0.25) is 0 Å². The van der Waals surface area contributed by atoms with Crippen LogP contribution in [0.5, 0.6) is 0 Å². The third-order valence-corrected chi connectivity index (χ3v) is 3.58. The van der Waals surface area contributed by atoms with E-state index in [1.807, 2.05) is 0 Å². The van der Waals surface area contributed by atoms with Crippen molar-refractivity contribution in [3.63, 3.8) is 0 Å². The lowest BCUT2D eigenvalue weighted by Crippen LogP contribution is -2.31. The van der Waals surface area contributed by atoms with Crippen molar-refractivity contribution < 1.29 is 14.2 Å². The van der Waals surface area contributed by atoms with Gasteiger partial charge < -0.3 is 14.2 Å². The average Bonchev–Trinajstić information content (AvgIpc) is 2.98. The van der Waals surface area contributed by atoms with E-state index in [2.05, 4.69) is 13.8 Å². The van der Waals surface area contributed by atoms with Gasteiger partial charge in [-0.3, -0.25) is 0 Å². The molecular weight excluding hydrogens is 168 g/mol. The lowest BCUT2D eigenvalue weighted by Gasteiger charge is -2.18. The van der Waals surface area contributed by atoms with Crippen molar-refractivity contribution in [1.82, 2.24) is 0 Å². The van der Waals surface area contributed by atoms with Crippen LogP contribution >= 0.6 is 0 Å². The quantitative estimate of drug-likeness (QED) is 0.603. The van der Waals surface area contributed by atoms with Crippen LogP contribution in [0.3, 0.4) is 0 Å². The standard InChI is InChI=1S/C10H16O3/c1-9(5-11-9)7-3-4-8(13-7)10(2)6-12-10/h7-8H,3-6H2,1-2H3/t7-,8-,9+,10+/m1/s1. The molecule has 3 rings (SSSR count). The van der Waals surface area contributed by atoms with Gasteiger partial charge in [-0.05, 0) is 26.7 Å². The second kappa shape index (κ2) is 2.27. The Kier molecular flexibility index (Phi) is 1.43. The van der Waals surface area contributed by atoms with Crippen molar-refractivity contribution in [2.45, 2.75) is 50.1 Å². The van der Waals surface area contributed by atoms with E-state index in [9.17, 15) is 0 Å². The Labute approximate surface area is 78.3 Å². The molecule has 0 amide bonds. The molecule has 4 atom stereocenters. The molecule has 0 N–H and O–H groups in total. The Morgan fingerprint density at radius 2 is 1.31 bits per heavy atom. The van der Waals surface area contributed by atoms with Gasteiger partial charge in [0.1, 0.15) is 11.2 Å². The Morgan fingerprint density at radius 3 is 1.62 bits per heavy atom. The molecule has 0 spiro atoms. The first-order valence-electron chi connectivity index (χ1n) is 5.06. The fourth-order valence-corrected chi connectivity index (χ4v) is 2.14. The molecule has 3 heterocycles. The maximum atomic E-state index is 5.97. The second-order valence-corrected chi connectivity index (χ2v) is 4.89. The molecule has 74 valence electrons. The normalized spacial score (nSPS) is 59.5. The van der Waals surface area contributed by atoms with Gasteiger partial charge in [0, 0.05) is 0 Å². The van der Waals surface area contributed by atoms with Gasteiger partial charge in [-0.25, -0.2) is 0 Å². The van der Waals surface area contributed by atoms with Gasteiger partial charge in [-0.15, -0.1) is 0 Å². The van der Waals surface area contributed by atoms with Crippen molar-refractivity contribution in [3.05, 3.63) is 0 Å². The molecule has 0 aromatic carbocycles. The van der Waals surface area contributed by atoms with Gasteiger partial charge in [0.25, 0.3) is 0 Å². The molecule has 3 saturated heterocycles. The third kappa shape index (κ3) is 1.22. The summed E-state index contributed by atoms with van der Waals surface area (Å²) in [7, 11) is 0. The highest BCUT2D eigenvalue weighted by Gasteiger charge is 2.56. The SMILES string of the molecule is C[C@@]1([C@H]2CC[C@H]([C@]3(C)CO3)O2)CO1. The van der Waals surface area contributed by atoms with E-state index in [0.29, 0.717) is 12.2 Å². The van der Waals surface area contributed by atoms with Gasteiger partial charge in [0.15, 0.2) is 0 Å². The summed E-state index contributed by atoms with van der Waals surface area (Å²) in [6.45, 7) is 6.00.